The number of aromatic nitrogens is 1. The van der Waals surface area contributed by atoms with Crippen LogP contribution in [0.2, 0.25) is 0 Å². The Labute approximate surface area is 128 Å². The molecule has 1 aliphatic rings. The average Bonchev–Trinajstić information content (AvgIpc) is 2.97. The Morgan fingerprint density at radius 3 is 2.86 bits per heavy atom. The second-order valence-electron chi connectivity index (χ2n) is 5.55. The minimum Gasteiger partial charge on any atom is -0.469 e. The highest BCUT2D eigenvalue weighted by molar-refractivity contribution is 5.80. The Kier molecular flexibility index (Phi) is 3.96. The molecule has 0 atom stereocenters. The van der Waals surface area contributed by atoms with E-state index < -0.39 is 0 Å². The minimum atomic E-state index is -0.111. The molecular formula is C16H17N3O3. The molecule has 2 aromatic heterocycles. The molecule has 3 rings (SSSR count). The predicted molar refractivity (Wildman–Crippen MR) is 80.1 cm³/mol. The second kappa shape index (κ2) is 6.06. The SMILES string of the molecule is COC(=O)C1CCC(Nc2cc3cc(C#N)oc3cn2)CC1. The number of nitrogens with zero attached hydrogens (tertiary/aromatic N) is 2. The van der Waals surface area contributed by atoms with Gasteiger partial charge in [0.05, 0.1) is 19.2 Å². The summed E-state index contributed by atoms with van der Waals surface area (Å²) in [5, 5.41) is 13.1. The summed E-state index contributed by atoms with van der Waals surface area (Å²) in [5.41, 5.74) is 0.608. The molecule has 0 saturated heterocycles. The van der Waals surface area contributed by atoms with E-state index in [9.17, 15) is 4.79 Å². The molecule has 1 N–H and O–H groups in total. The molecule has 0 unspecified atom stereocenters. The quantitative estimate of drug-likeness (QED) is 0.877. The number of methoxy groups -OCH3 is 1. The highest BCUT2D eigenvalue weighted by atomic mass is 16.5. The van der Waals surface area contributed by atoms with Gasteiger partial charge in [0, 0.05) is 17.5 Å². The molecule has 6 heteroatoms. The van der Waals surface area contributed by atoms with Crippen molar-refractivity contribution in [2.24, 2.45) is 5.92 Å². The number of carbonyl (C=O) groups is 1. The van der Waals surface area contributed by atoms with Gasteiger partial charge in [-0.05, 0) is 31.7 Å². The van der Waals surface area contributed by atoms with Crippen molar-refractivity contribution in [3.63, 3.8) is 0 Å². The number of nitrogens with one attached hydrogen (secondary N) is 1. The predicted octanol–water partition coefficient (Wildman–Crippen LogP) is 2.84. The van der Waals surface area contributed by atoms with Gasteiger partial charge in [-0.15, -0.1) is 0 Å². The first-order chi connectivity index (χ1) is 10.7. The van der Waals surface area contributed by atoms with Crippen LogP contribution in [0.5, 0.6) is 0 Å². The molecule has 2 aromatic rings. The van der Waals surface area contributed by atoms with Crippen LogP contribution in [0.3, 0.4) is 0 Å². The zero-order valence-corrected chi connectivity index (χ0v) is 12.3. The summed E-state index contributed by atoms with van der Waals surface area (Å²) in [6.07, 6.45) is 5.11. The van der Waals surface area contributed by atoms with Crippen molar-refractivity contribution < 1.29 is 13.9 Å². The number of anilines is 1. The second-order valence-corrected chi connectivity index (χ2v) is 5.55. The van der Waals surface area contributed by atoms with Crippen molar-refractivity contribution >= 4 is 22.8 Å². The number of nitriles is 1. The number of carbonyl (C=O) groups excluding carboxylic acids is 1. The molecule has 0 aliphatic heterocycles. The maximum absolute atomic E-state index is 11.5. The van der Waals surface area contributed by atoms with Gasteiger partial charge >= 0.3 is 5.97 Å². The van der Waals surface area contributed by atoms with Crippen molar-refractivity contribution in [3.05, 3.63) is 24.1 Å². The lowest BCUT2D eigenvalue weighted by molar-refractivity contribution is -0.146. The van der Waals surface area contributed by atoms with Crippen LogP contribution < -0.4 is 5.32 Å². The first-order valence-electron chi connectivity index (χ1n) is 7.33. The van der Waals surface area contributed by atoms with Crippen molar-refractivity contribution in [3.8, 4) is 6.07 Å². The number of hydrogen-bond acceptors (Lipinski definition) is 6. The Balaban J connectivity index is 1.64. The van der Waals surface area contributed by atoms with Crippen LogP contribution in [0, 0.1) is 17.2 Å². The smallest absolute Gasteiger partial charge is 0.308 e. The molecule has 0 radical (unpaired) electrons. The molecule has 1 saturated carbocycles. The number of ether oxygens (including phenoxy) is 1. The number of esters is 1. The Bertz CT molecular complexity index is 724. The first-order valence-corrected chi connectivity index (χ1v) is 7.33. The molecular weight excluding hydrogens is 282 g/mol. The third-order valence-electron chi connectivity index (χ3n) is 4.13. The highest BCUT2D eigenvalue weighted by Gasteiger charge is 2.26. The largest absolute Gasteiger partial charge is 0.469 e. The zero-order valence-electron chi connectivity index (χ0n) is 12.3. The number of pyridine rings is 1. The molecule has 6 nitrogen and oxygen atoms in total. The van der Waals surface area contributed by atoms with Crippen molar-refractivity contribution in [2.75, 3.05) is 12.4 Å². The van der Waals surface area contributed by atoms with Gasteiger partial charge in [0.25, 0.3) is 0 Å². The van der Waals surface area contributed by atoms with E-state index in [4.69, 9.17) is 14.4 Å². The zero-order chi connectivity index (χ0) is 15.5. The lowest BCUT2D eigenvalue weighted by Crippen LogP contribution is -2.30. The van der Waals surface area contributed by atoms with Crippen LogP contribution in [0.15, 0.2) is 22.7 Å². The summed E-state index contributed by atoms with van der Waals surface area (Å²) in [5.74, 6) is 0.956. The van der Waals surface area contributed by atoms with Gasteiger partial charge in [-0.3, -0.25) is 4.79 Å². The molecule has 0 spiro atoms. The van der Waals surface area contributed by atoms with Gasteiger partial charge in [-0.25, -0.2) is 4.98 Å². The molecule has 0 bridgehead atoms. The van der Waals surface area contributed by atoms with E-state index in [-0.39, 0.29) is 17.6 Å². The van der Waals surface area contributed by atoms with Gasteiger partial charge < -0.3 is 14.5 Å². The van der Waals surface area contributed by atoms with Crippen molar-refractivity contribution in [1.29, 1.82) is 5.26 Å². The van der Waals surface area contributed by atoms with Gasteiger partial charge in [-0.2, -0.15) is 5.26 Å². The van der Waals surface area contributed by atoms with Gasteiger partial charge in [0.1, 0.15) is 11.9 Å². The maximum Gasteiger partial charge on any atom is 0.308 e. The van der Waals surface area contributed by atoms with E-state index in [1.807, 2.05) is 12.1 Å². The summed E-state index contributed by atoms with van der Waals surface area (Å²) < 4.78 is 10.1. The van der Waals surface area contributed by atoms with Crippen LogP contribution in [-0.2, 0) is 9.53 Å². The van der Waals surface area contributed by atoms with Gasteiger partial charge in [0.15, 0.2) is 5.58 Å². The lowest BCUT2D eigenvalue weighted by atomic mass is 9.86. The minimum absolute atomic E-state index is 0.0190. The molecule has 1 fully saturated rings. The fourth-order valence-electron chi connectivity index (χ4n) is 2.93. The lowest BCUT2D eigenvalue weighted by Gasteiger charge is -2.27. The van der Waals surface area contributed by atoms with Crippen LogP contribution in [-0.4, -0.2) is 24.1 Å². The van der Waals surface area contributed by atoms with E-state index in [2.05, 4.69) is 10.3 Å². The average molecular weight is 299 g/mol. The fourth-order valence-corrected chi connectivity index (χ4v) is 2.93. The van der Waals surface area contributed by atoms with Crippen LogP contribution in [0.1, 0.15) is 31.4 Å². The molecule has 0 aromatic carbocycles. The summed E-state index contributed by atoms with van der Waals surface area (Å²) in [4.78, 5) is 15.8. The van der Waals surface area contributed by atoms with Gasteiger partial charge in [0.2, 0.25) is 5.76 Å². The Morgan fingerprint density at radius 1 is 1.41 bits per heavy atom. The summed E-state index contributed by atoms with van der Waals surface area (Å²) >= 11 is 0. The van der Waals surface area contributed by atoms with Crippen LogP contribution in [0.25, 0.3) is 11.0 Å². The normalized spacial score (nSPS) is 21.3. The van der Waals surface area contributed by atoms with E-state index in [0.29, 0.717) is 11.6 Å². The number of furan rings is 1. The van der Waals surface area contributed by atoms with E-state index >= 15 is 0 Å². The van der Waals surface area contributed by atoms with Gasteiger partial charge in [-0.1, -0.05) is 0 Å². The Hall–Kier alpha value is -2.55. The van der Waals surface area contributed by atoms with Crippen molar-refractivity contribution in [2.45, 2.75) is 31.7 Å². The summed E-state index contributed by atoms with van der Waals surface area (Å²) in [6, 6.07) is 5.86. The third kappa shape index (κ3) is 2.89. The maximum atomic E-state index is 11.5. The van der Waals surface area contributed by atoms with Crippen molar-refractivity contribution in [1.82, 2.24) is 4.98 Å². The molecule has 114 valence electrons. The topological polar surface area (TPSA) is 88.1 Å². The molecule has 0 amide bonds. The first kappa shape index (κ1) is 14.4. The van der Waals surface area contributed by atoms with Crippen LogP contribution >= 0.6 is 0 Å². The monoisotopic (exact) mass is 299 g/mol. The highest BCUT2D eigenvalue weighted by Crippen LogP contribution is 2.28. The molecule has 1 aliphatic carbocycles. The standard InChI is InChI=1S/C16H17N3O3/c1-21-16(20)10-2-4-12(5-3-10)19-15-7-11-6-13(8-17)22-14(11)9-18-15/h6-7,9-10,12H,2-5H2,1H3,(H,18,19). The third-order valence-corrected chi connectivity index (χ3v) is 4.13. The Morgan fingerprint density at radius 2 is 2.18 bits per heavy atom. The molecule has 2 heterocycles. The molecule has 22 heavy (non-hydrogen) atoms. The summed E-state index contributed by atoms with van der Waals surface area (Å²) in [7, 11) is 1.44. The van der Waals surface area contributed by atoms with E-state index in [1.165, 1.54) is 7.11 Å². The number of fused-ring (bicyclic) bond motifs is 1. The van der Waals surface area contributed by atoms with E-state index in [0.717, 1.165) is 36.9 Å². The van der Waals surface area contributed by atoms with E-state index in [1.54, 1.807) is 12.3 Å². The summed E-state index contributed by atoms with van der Waals surface area (Å²) in [6.45, 7) is 0. The number of hydrogen-bond donors (Lipinski definition) is 1. The fraction of sp³-hybridized carbons (Fsp3) is 0.438. The number of rotatable bonds is 3. The van der Waals surface area contributed by atoms with Crippen LogP contribution in [0.4, 0.5) is 5.82 Å².